The van der Waals surface area contributed by atoms with E-state index in [9.17, 15) is 0 Å². The molecule has 0 fully saturated rings. The van der Waals surface area contributed by atoms with Gasteiger partial charge in [0.2, 0.25) is 0 Å². The van der Waals surface area contributed by atoms with Crippen LogP contribution in [0.3, 0.4) is 0 Å². The average Bonchev–Trinajstić information content (AvgIpc) is 2.84. The van der Waals surface area contributed by atoms with Gasteiger partial charge in [-0.15, -0.1) is 24.0 Å². The number of aryl methyl sites for hydroxylation is 2. The van der Waals surface area contributed by atoms with Crippen LogP contribution < -0.4 is 10.6 Å². The summed E-state index contributed by atoms with van der Waals surface area (Å²) in [6, 6.07) is 0. The lowest BCUT2D eigenvalue weighted by molar-refractivity contribution is 0.203. The van der Waals surface area contributed by atoms with Crippen LogP contribution in [-0.2, 0) is 24.1 Å². The Morgan fingerprint density at radius 1 is 1.30 bits per heavy atom. The van der Waals surface area contributed by atoms with E-state index >= 15 is 0 Å². The zero-order chi connectivity index (χ0) is 14.1. The van der Waals surface area contributed by atoms with E-state index in [1.807, 2.05) is 0 Å². The van der Waals surface area contributed by atoms with Gasteiger partial charge in [0.25, 0.3) is 0 Å². The molecule has 0 saturated carbocycles. The van der Waals surface area contributed by atoms with Crippen LogP contribution in [0.15, 0.2) is 9.52 Å². The summed E-state index contributed by atoms with van der Waals surface area (Å²) >= 11 is 0. The van der Waals surface area contributed by atoms with E-state index in [0.717, 1.165) is 42.4 Å². The van der Waals surface area contributed by atoms with Gasteiger partial charge in [0.1, 0.15) is 5.76 Å². The van der Waals surface area contributed by atoms with E-state index in [1.54, 1.807) is 14.2 Å². The lowest BCUT2D eigenvalue weighted by Gasteiger charge is -2.11. The molecule has 0 radical (unpaired) electrons. The molecule has 0 saturated heterocycles. The summed E-state index contributed by atoms with van der Waals surface area (Å²) in [6.45, 7) is 6.18. The van der Waals surface area contributed by atoms with E-state index in [0.29, 0.717) is 13.2 Å². The average molecular weight is 396 g/mol. The Morgan fingerprint density at radius 2 is 2.05 bits per heavy atom. The molecular weight excluding hydrogens is 371 g/mol. The van der Waals surface area contributed by atoms with Gasteiger partial charge in [-0.2, -0.15) is 0 Å². The second kappa shape index (κ2) is 10.9. The fourth-order valence-electron chi connectivity index (χ4n) is 1.80. The van der Waals surface area contributed by atoms with Gasteiger partial charge in [-0.05, 0) is 6.42 Å². The van der Waals surface area contributed by atoms with Crippen molar-refractivity contribution in [3.8, 4) is 0 Å². The Morgan fingerprint density at radius 3 is 2.60 bits per heavy atom. The lowest BCUT2D eigenvalue weighted by Crippen LogP contribution is -2.38. The van der Waals surface area contributed by atoms with Gasteiger partial charge in [-0.1, -0.05) is 19.0 Å². The zero-order valence-corrected chi connectivity index (χ0v) is 15.0. The van der Waals surface area contributed by atoms with Gasteiger partial charge in [-0.3, -0.25) is 4.99 Å². The normalized spacial score (nSPS) is 11.1. The van der Waals surface area contributed by atoms with Crippen LogP contribution in [0.4, 0.5) is 0 Å². The minimum absolute atomic E-state index is 0. The van der Waals surface area contributed by atoms with E-state index in [-0.39, 0.29) is 24.0 Å². The van der Waals surface area contributed by atoms with Crippen LogP contribution in [0.5, 0.6) is 0 Å². The van der Waals surface area contributed by atoms with Crippen LogP contribution in [0.2, 0.25) is 0 Å². The van der Waals surface area contributed by atoms with Gasteiger partial charge < -0.3 is 19.9 Å². The first-order valence-corrected chi connectivity index (χ1v) is 6.66. The number of nitrogens with one attached hydrogen (secondary N) is 2. The maximum atomic E-state index is 5.33. The summed E-state index contributed by atoms with van der Waals surface area (Å²) in [7, 11) is 3.42. The monoisotopic (exact) mass is 396 g/mol. The highest BCUT2D eigenvalue weighted by atomic mass is 127. The standard InChI is InChI=1S/C13H24N4O2.HI/c1-5-11-10(12(6-2)19-17-11)9-16-13(14-3)15-7-8-18-4;/h5-9H2,1-4H3,(H2,14,15,16);1H. The third kappa shape index (κ3) is 5.66. The second-order valence-corrected chi connectivity index (χ2v) is 4.08. The smallest absolute Gasteiger partial charge is 0.191 e. The van der Waals surface area contributed by atoms with Crippen molar-refractivity contribution in [1.82, 2.24) is 15.8 Å². The molecule has 0 unspecified atom stereocenters. The Balaban J connectivity index is 0.00000361. The van der Waals surface area contributed by atoms with Crippen molar-refractivity contribution < 1.29 is 9.26 Å². The molecule has 1 aromatic heterocycles. The van der Waals surface area contributed by atoms with Crippen molar-refractivity contribution in [1.29, 1.82) is 0 Å². The van der Waals surface area contributed by atoms with Gasteiger partial charge in [0.15, 0.2) is 5.96 Å². The molecule has 20 heavy (non-hydrogen) atoms. The number of methoxy groups -OCH3 is 1. The fourth-order valence-corrected chi connectivity index (χ4v) is 1.80. The van der Waals surface area contributed by atoms with Crippen LogP contribution in [0.25, 0.3) is 0 Å². The Labute approximate surface area is 137 Å². The van der Waals surface area contributed by atoms with E-state index in [4.69, 9.17) is 9.26 Å². The molecule has 0 aliphatic heterocycles. The SMILES string of the molecule is CCc1noc(CC)c1CNC(=NC)NCCOC.I. The van der Waals surface area contributed by atoms with E-state index in [1.165, 1.54) is 0 Å². The summed E-state index contributed by atoms with van der Waals surface area (Å²) in [4.78, 5) is 4.16. The van der Waals surface area contributed by atoms with Crippen molar-refractivity contribution in [2.75, 3.05) is 27.3 Å². The predicted molar refractivity (Wildman–Crippen MR) is 90.8 cm³/mol. The quantitative estimate of drug-likeness (QED) is 0.318. The van der Waals surface area contributed by atoms with Crippen LogP contribution in [0.1, 0.15) is 30.9 Å². The molecule has 0 atom stereocenters. The van der Waals surface area contributed by atoms with Crippen molar-refractivity contribution >= 4 is 29.9 Å². The minimum atomic E-state index is 0. The third-order valence-electron chi connectivity index (χ3n) is 2.86. The predicted octanol–water partition coefficient (Wildman–Crippen LogP) is 1.73. The molecular formula is C13H25IN4O2. The summed E-state index contributed by atoms with van der Waals surface area (Å²) in [5.74, 6) is 1.69. The van der Waals surface area contributed by atoms with Crippen LogP contribution >= 0.6 is 24.0 Å². The summed E-state index contributed by atoms with van der Waals surface area (Å²) in [5.41, 5.74) is 2.15. The number of hydrogen-bond acceptors (Lipinski definition) is 4. The number of hydrogen-bond donors (Lipinski definition) is 2. The third-order valence-corrected chi connectivity index (χ3v) is 2.86. The molecule has 7 heteroatoms. The van der Waals surface area contributed by atoms with Gasteiger partial charge >= 0.3 is 0 Å². The number of halogens is 1. The summed E-state index contributed by atoms with van der Waals surface area (Å²) in [6.07, 6.45) is 1.72. The molecule has 0 aliphatic rings. The number of rotatable bonds is 7. The van der Waals surface area contributed by atoms with Gasteiger partial charge in [0, 0.05) is 39.2 Å². The van der Waals surface area contributed by atoms with Crippen molar-refractivity contribution in [2.45, 2.75) is 33.2 Å². The molecule has 6 nitrogen and oxygen atoms in total. The first-order valence-electron chi connectivity index (χ1n) is 6.66. The number of ether oxygens (including phenoxy) is 1. The highest BCUT2D eigenvalue weighted by molar-refractivity contribution is 14.0. The first-order chi connectivity index (χ1) is 9.26. The van der Waals surface area contributed by atoms with Gasteiger partial charge in [0.05, 0.1) is 12.3 Å². The van der Waals surface area contributed by atoms with E-state index < -0.39 is 0 Å². The van der Waals surface area contributed by atoms with Crippen molar-refractivity contribution in [2.24, 2.45) is 4.99 Å². The summed E-state index contributed by atoms with van der Waals surface area (Å²) in [5, 5.41) is 10.5. The molecule has 0 aliphatic carbocycles. The number of aliphatic imine (C=N–C) groups is 1. The highest BCUT2D eigenvalue weighted by Crippen LogP contribution is 2.15. The molecule has 0 aromatic carbocycles. The largest absolute Gasteiger partial charge is 0.383 e. The van der Waals surface area contributed by atoms with Gasteiger partial charge in [-0.25, -0.2) is 0 Å². The number of aromatic nitrogens is 1. The Hall–Kier alpha value is -0.830. The van der Waals surface area contributed by atoms with Crippen LogP contribution in [0, 0.1) is 0 Å². The second-order valence-electron chi connectivity index (χ2n) is 4.08. The topological polar surface area (TPSA) is 71.7 Å². The molecule has 0 amide bonds. The molecule has 1 heterocycles. The zero-order valence-electron chi connectivity index (χ0n) is 12.7. The Bertz CT molecular complexity index is 386. The van der Waals surface area contributed by atoms with Crippen molar-refractivity contribution in [3.05, 3.63) is 17.0 Å². The maximum absolute atomic E-state index is 5.33. The first kappa shape index (κ1) is 19.2. The molecule has 116 valence electrons. The van der Waals surface area contributed by atoms with Crippen molar-refractivity contribution in [3.63, 3.8) is 0 Å². The maximum Gasteiger partial charge on any atom is 0.191 e. The Kier molecular flexibility index (Phi) is 10.4. The van der Waals surface area contributed by atoms with Crippen LogP contribution in [-0.4, -0.2) is 38.4 Å². The minimum Gasteiger partial charge on any atom is -0.383 e. The molecule has 2 N–H and O–H groups in total. The fraction of sp³-hybridized carbons (Fsp3) is 0.692. The molecule has 1 aromatic rings. The molecule has 0 spiro atoms. The summed E-state index contributed by atoms with van der Waals surface area (Å²) < 4.78 is 10.3. The number of guanidine groups is 1. The lowest BCUT2D eigenvalue weighted by atomic mass is 10.1. The molecule has 1 rings (SSSR count). The molecule has 0 bridgehead atoms. The van der Waals surface area contributed by atoms with E-state index in [2.05, 4.69) is 34.6 Å². The number of nitrogens with zero attached hydrogens (tertiary/aromatic N) is 2. The highest BCUT2D eigenvalue weighted by Gasteiger charge is 2.13.